The second kappa shape index (κ2) is 6.05. The second-order valence-electron chi connectivity index (χ2n) is 5.30. The quantitative estimate of drug-likeness (QED) is 0.738. The molecule has 0 atom stereocenters. The van der Waals surface area contributed by atoms with Gasteiger partial charge < -0.3 is 10.4 Å². The molecule has 0 aromatic rings. The molecule has 1 saturated carbocycles. The van der Waals surface area contributed by atoms with E-state index < -0.39 is 18.2 Å². The van der Waals surface area contributed by atoms with Crippen molar-refractivity contribution in [1.82, 2.24) is 5.32 Å². The molecule has 0 spiro atoms. The van der Waals surface area contributed by atoms with Crippen LogP contribution in [0.5, 0.6) is 0 Å². The largest absolute Gasteiger partial charge is 0.389 e. The molecule has 0 aromatic heterocycles. The van der Waals surface area contributed by atoms with Crippen LogP contribution in [0.1, 0.15) is 45.4 Å². The van der Waals surface area contributed by atoms with Gasteiger partial charge >= 0.3 is 6.18 Å². The van der Waals surface area contributed by atoms with E-state index in [1.54, 1.807) is 0 Å². The highest BCUT2D eigenvalue weighted by Gasteiger charge is 2.31. The van der Waals surface area contributed by atoms with Gasteiger partial charge in [-0.25, -0.2) is 0 Å². The third kappa shape index (κ3) is 6.27. The lowest BCUT2D eigenvalue weighted by atomic mass is 9.79. The average Bonchev–Trinajstić information content (AvgIpc) is 2.21. The Morgan fingerprint density at radius 2 is 1.88 bits per heavy atom. The predicted octanol–water partition coefficient (Wildman–Crippen LogP) is 2.86. The molecule has 0 aromatic carbocycles. The summed E-state index contributed by atoms with van der Waals surface area (Å²) in [5.41, 5.74) is -0.704. The minimum atomic E-state index is -4.07. The van der Waals surface area contributed by atoms with E-state index in [9.17, 15) is 18.3 Å². The van der Waals surface area contributed by atoms with Gasteiger partial charge in [0.05, 0.1) is 5.60 Å². The minimum absolute atomic E-state index is 0.0793. The Morgan fingerprint density at radius 1 is 1.29 bits per heavy atom. The molecule has 0 unspecified atom stereocenters. The van der Waals surface area contributed by atoms with Crippen LogP contribution < -0.4 is 5.32 Å². The molecule has 2 nitrogen and oxygen atoms in total. The van der Waals surface area contributed by atoms with Crippen molar-refractivity contribution in [1.29, 1.82) is 0 Å². The molecule has 0 heterocycles. The first-order valence-electron chi connectivity index (χ1n) is 6.31. The molecule has 17 heavy (non-hydrogen) atoms. The summed E-state index contributed by atoms with van der Waals surface area (Å²) < 4.78 is 35.6. The van der Waals surface area contributed by atoms with Gasteiger partial charge in [0.25, 0.3) is 0 Å². The van der Waals surface area contributed by atoms with E-state index in [2.05, 4.69) is 12.2 Å². The molecule has 1 aliphatic carbocycles. The summed E-state index contributed by atoms with van der Waals surface area (Å²) in [5, 5.41) is 13.1. The Hall–Kier alpha value is -0.290. The molecule has 2 N–H and O–H groups in total. The first-order chi connectivity index (χ1) is 7.81. The fourth-order valence-electron chi connectivity index (χ4n) is 2.21. The second-order valence-corrected chi connectivity index (χ2v) is 5.30. The van der Waals surface area contributed by atoms with Gasteiger partial charge in [0, 0.05) is 13.0 Å². The molecule has 1 rings (SSSR count). The van der Waals surface area contributed by atoms with Gasteiger partial charge in [-0.3, -0.25) is 0 Å². The zero-order valence-corrected chi connectivity index (χ0v) is 10.3. The van der Waals surface area contributed by atoms with Crippen LogP contribution in [0.15, 0.2) is 0 Å². The van der Waals surface area contributed by atoms with E-state index in [1.807, 2.05) is 0 Å². The number of hydrogen-bond donors (Lipinski definition) is 2. The third-order valence-electron chi connectivity index (χ3n) is 3.47. The molecule has 1 fully saturated rings. The van der Waals surface area contributed by atoms with Gasteiger partial charge in [0.15, 0.2) is 0 Å². The summed E-state index contributed by atoms with van der Waals surface area (Å²) in [6, 6.07) is 0. The third-order valence-corrected chi connectivity index (χ3v) is 3.47. The van der Waals surface area contributed by atoms with E-state index in [0.717, 1.165) is 25.7 Å². The number of hydrogen-bond acceptors (Lipinski definition) is 2. The van der Waals surface area contributed by atoms with Crippen molar-refractivity contribution >= 4 is 0 Å². The van der Waals surface area contributed by atoms with Gasteiger partial charge in [-0.05, 0) is 44.6 Å². The van der Waals surface area contributed by atoms with Gasteiger partial charge in [-0.15, -0.1) is 0 Å². The van der Waals surface area contributed by atoms with Crippen molar-refractivity contribution in [2.45, 2.75) is 57.2 Å². The van der Waals surface area contributed by atoms with Crippen LogP contribution in [-0.4, -0.2) is 30.0 Å². The van der Waals surface area contributed by atoms with Crippen LogP contribution in [0.25, 0.3) is 0 Å². The Morgan fingerprint density at radius 3 is 2.41 bits per heavy atom. The van der Waals surface area contributed by atoms with E-state index >= 15 is 0 Å². The lowest BCUT2D eigenvalue weighted by Crippen LogP contribution is -2.43. The Bertz CT molecular complexity index is 222. The summed E-state index contributed by atoms with van der Waals surface area (Å²) in [6.07, 6.45) is -1.24. The van der Waals surface area contributed by atoms with Crippen LogP contribution in [0, 0.1) is 5.92 Å². The van der Waals surface area contributed by atoms with E-state index in [4.69, 9.17) is 0 Å². The lowest BCUT2D eigenvalue weighted by molar-refractivity contribution is -0.135. The minimum Gasteiger partial charge on any atom is -0.389 e. The summed E-state index contributed by atoms with van der Waals surface area (Å²) in [5.74, 6) is 0.653. The SMILES string of the molecule is CC1CCC(O)(CNCCCC(F)(F)F)CC1. The lowest BCUT2D eigenvalue weighted by Gasteiger charge is -2.35. The molecular formula is C12H22F3NO. The number of rotatable bonds is 5. The van der Waals surface area contributed by atoms with Crippen LogP contribution >= 0.6 is 0 Å². The van der Waals surface area contributed by atoms with Crippen LogP contribution in [0.3, 0.4) is 0 Å². The van der Waals surface area contributed by atoms with Crippen molar-refractivity contribution in [2.24, 2.45) is 5.92 Å². The van der Waals surface area contributed by atoms with E-state index in [1.165, 1.54) is 0 Å². The topological polar surface area (TPSA) is 32.3 Å². The molecule has 0 amide bonds. The summed E-state index contributed by atoms with van der Waals surface area (Å²) >= 11 is 0. The summed E-state index contributed by atoms with van der Waals surface area (Å²) in [7, 11) is 0. The summed E-state index contributed by atoms with van der Waals surface area (Å²) in [4.78, 5) is 0. The Labute approximate surface area is 101 Å². The Kier molecular flexibility index (Phi) is 5.25. The van der Waals surface area contributed by atoms with Gasteiger partial charge in [0.2, 0.25) is 0 Å². The smallest absolute Gasteiger partial charge is 0.389 e. The molecule has 5 heteroatoms. The summed E-state index contributed by atoms with van der Waals surface area (Å²) in [6.45, 7) is 2.89. The van der Waals surface area contributed by atoms with Crippen LogP contribution in [-0.2, 0) is 0 Å². The van der Waals surface area contributed by atoms with Crippen molar-refractivity contribution in [3.05, 3.63) is 0 Å². The predicted molar refractivity (Wildman–Crippen MR) is 60.7 cm³/mol. The number of aliphatic hydroxyl groups is 1. The standard InChI is InChI=1S/C12H22F3NO/c1-10-3-6-11(17,7-4-10)9-16-8-2-5-12(13,14)15/h10,16-17H,2-9H2,1H3. The van der Waals surface area contributed by atoms with Crippen molar-refractivity contribution in [3.8, 4) is 0 Å². The highest BCUT2D eigenvalue weighted by molar-refractivity contribution is 4.86. The van der Waals surface area contributed by atoms with Gasteiger partial charge in [-0.1, -0.05) is 6.92 Å². The number of nitrogens with one attached hydrogen (secondary N) is 1. The molecule has 0 radical (unpaired) electrons. The highest BCUT2D eigenvalue weighted by atomic mass is 19.4. The van der Waals surface area contributed by atoms with Gasteiger partial charge in [-0.2, -0.15) is 13.2 Å². The molecule has 0 aliphatic heterocycles. The molecule has 0 saturated heterocycles. The monoisotopic (exact) mass is 253 g/mol. The number of alkyl halides is 3. The van der Waals surface area contributed by atoms with Crippen molar-refractivity contribution in [2.75, 3.05) is 13.1 Å². The maximum absolute atomic E-state index is 11.9. The molecule has 102 valence electrons. The fourth-order valence-corrected chi connectivity index (χ4v) is 2.21. The Balaban J connectivity index is 2.10. The zero-order valence-electron chi connectivity index (χ0n) is 10.3. The number of halogens is 3. The maximum Gasteiger partial charge on any atom is 0.389 e. The normalized spacial score (nSPS) is 30.5. The maximum atomic E-state index is 11.9. The highest BCUT2D eigenvalue weighted by Crippen LogP contribution is 2.31. The average molecular weight is 253 g/mol. The molecule has 1 aliphatic rings. The fraction of sp³-hybridized carbons (Fsp3) is 1.00. The van der Waals surface area contributed by atoms with Crippen molar-refractivity contribution in [3.63, 3.8) is 0 Å². The van der Waals surface area contributed by atoms with Crippen LogP contribution in [0.4, 0.5) is 13.2 Å². The van der Waals surface area contributed by atoms with E-state index in [-0.39, 0.29) is 6.42 Å². The van der Waals surface area contributed by atoms with Crippen LogP contribution in [0.2, 0.25) is 0 Å². The van der Waals surface area contributed by atoms with Gasteiger partial charge in [0.1, 0.15) is 0 Å². The molecular weight excluding hydrogens is 231 g/mol. The first-order valence-corrected chi connectivity index (χ1v) is 6.31. The zero-order chi connectivity index (χ0) is 12.9. The first kappa shape index (κ1) is 14.8. The van der Waals surface area contributed by atoms with E-state index in [0.29, 0.717) is 19.0 Å². The van der Waals surface area contributed by atoms with Crippen molar-refractivity contribution < 1.29 is 18.3 Å². The molecule has 0 bridgehead atoms.